The number of primary amides is 1. The summed E-state index contributed by atoms with van der Waals surface area (Å²) < 4.78 is 112. The SMILES string of the molecule is CCOc1c(CC(N)=O)cc([C@@](O)(CNC(=O)c2cc(OCC(F)F)c3nn(C4(F)CC4)cc3c2)C(F)(F)F)nc1-c1csc2c(F)cccc12. The maximum Gasteiger partial charge on any atom is 0.424 e. The van der Waals surface area contributed by atoms with Crippen LogP contribution in [0.15, 0.2) is 48.0 Å². The molecule has 270 valence electrons. The van der Waals surface area contributed by atoms with Crippen LogP contribution in [0, 0.1) is 5.82 Å². The molecule has 1 aliphatic carbocycles. The highest BCUT2D eigenvalue weighted by atomic mass is 32.1. The Balaban J connectivity index is 1.42. The maximum absolute atomic E-state index is 14.9. The number of ether oxygens (including phenoxy) is 2. The molecule has 4 N–H and O–H groups in total. The molecule has 0 aliphatic heterocycles. The van der Waals surface area contributed by atoms with E-state index in [2.05, 4.69) is 10.1 Å². The minimum atomic E-state index is -5.50. The van der Waals surface area contributed by atoms with Crippen LogP contribution in [0.3, 0.4) is 0 Å². The van der Waals surface area contributed by atoms with Crippen LogP contribution in [0.2, 0.25) is 0 Å². The lowest BCUT2D eigenvalue weighted by Crippen LogP contribution is -2.51. The topological polar surface area (TPSA) is 142 Å². The standard InChI is InChI=1S/C33H28F7N5O5S/c1-2-49-28-16(11-25(41)46)10-23(43-27(28)20-14-51-29-19(20)4-3-5-21(29)34)32(48,33(38,39)40)15-42-30(47)17-8-18-12-45(31(37)6-7-31)44-26(18)22(9-17)50-13-24(35)36/h3-5,8-10,12,14,24,48H,2,6-7,11,13,15H2,1H3,(H2,41,46)(H,42,47)/t32-/m0/s1. The van der Waals surface area contributed by atoms with Crippen molar-refractivity contribution in [3.63, 3.8) is 0 Å². The third-order valence-electron chi connectivity index (χ3n) is 8.18. The number of aliphatic hydroxyl groups is 1. The third-order valence-corrected chi connectivity index (χ3v) is 9.19. The highest BCUT2D eigenvalue weighted by Gasteiger charge is 2.57. The van der Waals surface area contributed by atoms with Gasteiger partial charge in [0.05, 0.1) is 30.0 Å². The number of thiophene rings is 1. The van der Waals surface area contributed by atoms with Crippen molar-refractivity contribution in [2.75, 3.05) is 19.8 Å². The van der Waals surface area contributed by atoms with Gasteiger partial charge in [-0.1, -0.05) is 12.1 Å². The number of benzene rings is 2. The Morgan fingerprint density at radius 2 is 1.92 bits per heavy atom. The Labute approximate surface area is 288 Å². The van der Waals surface area contributed by atoms with Crippen LogP contribution in [0.5, 0.6) is 11.5 Å². The Bertz CT molecular complexity index is 2150. The van der Waals surface area contributed by atoms with Gasteiger partial charge in [-0.05, 0) is 31.2 Å². The van der Waals surface area contributed by atoms with E-state index in [1.54, 1.807) is 6.92 Å². The van der Waals surface area contributed by atoms with Gasteiger partial charge in [0.25, 0.3) is 12.3 Å². The minimum Gasteiger partial charge on any atom is -0.491 e. The van der Waals surface area contributed by atoms with Crippen LogP contribution < -0.4 is 20.5 Å². The van der Waals surface area contributed by atoms with E-state index < -0.39 is 66.9 Å². The number of carbonyl (C=O) groups is 2. The van der Waals surface area contributed by atoms with Gasteiger partial charge in [-0.25, -0.2) is 27.2 Å². The van der Waals surface area contributed by atoms with Gasteiger partial charge in [-0.2, -0.15) is 18.3 Å². The zero-order valence-electron chi connectivity index (χ0n) is 26.5. The quantitative estimate of drug-likeness (QED) is 0.124. The molecule has 5 aromatic rings. The zero-order chi connectivity index (χ0) is 36.9. The van der Waals surface area contributed by atoms with Crippen molar-refractivity contribution in [2.24, 2.45) is 5.73 Å². The minimum absolute atomic E-state index is 0.0195. The van der Waals surface area contributed by atoms with Crippen molar-refractivity contribution in [1.82, 2.24) is 20.1 Å². The number of alkyl halides is 6. The van der Waals surface area contributed by atoms with E-state index in [-0.39, 0.29) is 74.3 Å². The van der Waals surface area contributed by atoms with E-state index in [1.165, 1.54) is 29.8 Å². The molecule has 10 nitrogen and oxygen atoms in total. The zero-order valence-corrected chi connectivity index (χ0v) is 27.3. The van der Waals surface area contributed by atoms with Crippen LogP contribution in [-0.4, -0.2) is 64.0 Å². The average Bonchev–Trinajstić information content (AvgIpc) is 3.45. The van der Waals surface area contributed by atoms with Crippen molar-refractivity contribution in [3.05, 3.63) is 70.6 Å². The Morgan fingerprint density at radius 3 is 2.57 bits per heavy atom. The first-order valence-corrected chi connectivity index (χ1v) is 16.2. The van der Waals surface area contributed by atoms with Gasteiger partial charge in [-0.3, -0.25) is 9.59 Å². The van der Waals surface area contributed by atoms with Gasteiger partial charge < -0.3 is 25.6 Å². The lowest BCUT2D eigenvalue weighted by molar-refractivity contribution is -0.265. The number of carbonyl (C=O) groups excluding carboxylic acids is 2. The molecular weight excluding hydrogens is 711 g/mol. The number of nitrogens with two attached hydrogens (primary N) is 1. The van der Waals surface area contributed by atoms with Crippen LogP contribution in [0.1, 0.15) is 41.4 Å². The molecule has 1 fully saturated rings. The summed E-state index contributed by atoms with van der Waals surface area (Å²) in [6.07, 6.45) is -7.58. The summed E-state index contributed by atoms with van der Waals surface area (Å²) in [6.45, 7) is -1.09. The summed E-state index contributed by atoms with van der Waals surface area (Å²) in [5.74, 6) is -5.03. The highest BCUT2D eigenvalue weighted by molar-refractivity contribution is 7.17. The third kappa shape index (κ3) is 6.89. The number of nitrogens with zero attached hydrogens (tertiary/aromatic N) is 3. The summed E-state index contributed by atoms with van der Waals surface area (Å²) in [4.78, 5) is 29.6. The largest absolute Gasteiger partial charge is 0.491 e. The number of pyridine rings is 1. The monoisotopic (exact) mass is 739 g/mol. The molecule has 0 spiro atoms. The van der Waals surface area contributed by atoms with Gasteiger partial charge in [0, 0.05) is 51.9 Å². The molecule has 0 saturated heterocycles. The molecule has 0 unspecified atom stereocenters. The number of halogens is 7. The van der Waals surface area contributed by atoms with Gasteiger partial charge in [0.1, 0.15) is 35.1 Å². The first kappa shape index (κ1) is 35.8. The molecule has 3 heterocycles. The van der Waals surface area contributed by atoms with Crippen LogP contribution in [0.4, 0.5) is 30.7 Å². The van der Waals surface area contributed by atoms with Crippen molar-refractivity contribution in [3.8, 4) is 22.8 Å². The van der Waals surface area contributed by atoms with Crippen LogP contribution >= 0.6 is 11.3 Å². The van der Waals surface area contributed by atoms with Crippen LogP contribution in [-0.2, 0) is 22.6 Å². The molecule has 0 radical (unpaired) electrons. The second-order valence-electron chi connectivity index (χ2n) is 11.8. The van der Waals surface area contributed by atoms with E-state index in [9.17, 15) is 45.4 Å². The lowest BCUT2D eigenvalue weighted by Gasteiger charge is -2.31. The number of fused-ring (bicyclic) bond motifs is 2. The fourth-order valence-electron chi connectivity index (χ4n) is 5.49. The predicted molar refractivity (Wildman–Crippen MR) is 171 cm³/mol. The molecule has 51 heavy (non-hydrogen) atoms. The molecule has 18 heteroatoms. The highest BCUT2D eigenvalue weighted by Crippen LogP contribution is 2.46. The number of hydrogen-bond acceptors (Lipinski definition) is 8. The molecule has 3 aromatic heterocycles. The van der Waals surface area contributed by atoms with Crippen molar-refractivity contribution in [2.45, 2.75) is 50.2 Å². The molecule has 0 bridgehead atoms. The Hall–Kier alpha value is -4.97. The second-order valence-corrected chi connectivity index (χ2v) is 12.7. The van der Waals surface area contributed by atoms with E-state index >= 15 is 0 Å². The first-order valence-electron chi connectivity index (χ1n) is 15.4. The van der Waals surface area contributed by atoms with Crippen molar-refractivity contribution < 1.29 is 54.9 Å². The van der Waals surface area contributed by atoms with Crippen molar-refractivity contribution >= 4 is 44.1 Å². The fourth-order valence-corrected chi connectivity index (χ4v) is 6.45. The van der Waals surface area contributed by atoms with E-state index in [4.69, 9.17) is 15.2 Å². The summed E-state index contributed by atoms with van der Waals surface area (Å²) in [5, 5.41) is 19.2. The van der Waals surface area contributed by atoms with Gasteiger partial charge in [-0.15, -0.1) is 11.3 Å². The summed E-state index contributed by atoms with van der Waals surface area (Å²) in [7, 11) is 0. The normalized spacial score (nSPS) is 15.3. The van der Waals surface area contributed by atoms with E-state index in [0.717, 1.165) is 34.2 Å². The van der Waals surface area contributed by atoms with E-state index in [0.29, 0.717) is 0 Å². The summed E-state index contributed by atoms with van der Waals surface area (Å²) >= 11 is 0.943. The molecule has 1 atom stereocenters. The smallest absolute Gasteiger partial charge is 0.424 e. The van der Waals surface area contributed by atoms with Crippen LogP contribution in [0.25, 0.3) is 32.2 Å². The first-order chi connectivity index (χ1) is 24.0. The lowest BCUT2D eigenvalue weighted by atomic mass is 9.93. The number of aromatic nitrogens is 3. The fraction of sp³-hybridized carbons (Fsp3) is 0.333. The second kappa shape index (κ2) is 13.3. The van der Waals surface area contributed by atoms with Gasteiger partial charge >= 0.3 is 6.18 Å². The number of rotatable bonds is 13. The predicted octanol–water partition coefficient (Wildman–Crippen LogP) is 6.12. The molecular formula is C33H28F7N5O5S. The summed E-state index contributed by atoms with van der Waals surface area (Å²) in [5.41, 5.74) is -0.239. The Morgan fingerprint density at radius 1 is 1.18 bits per heavy atom. The molecule has 1 saturated carbocycles. The van der Waals surface area contributed by atoms with Gasteiger partial charge in [0.2, 0.25) is 17.3 Å². The molecule has 2 amide bonds. The molecule has 1 aliphatic rings. The maximum atomic E-state index is 14.9. The van der Waals surface area contributed by atoms with Gasteiger partial charge in [0.15, 0.2) is 0 Å². The van der Waals surface area contributed by atoms with Crippen molar-refractivity contribution in [1.29, 1.82) is 0 Å². The summed E-state index contributed by atoms with van der Waals surface area (Å²) in [6, 6.07) is 6.99. The molecule has 2 aromatic carbocycles. The molecule has 6 rings (SSSR count). The average molecular weight is 740 g/mol. The number of hydrogen-bond donors (Lipinski definition) is 3. The number of nitrogens with one attached hydrogen (secondary N) is 1. The number of amides is 2. The van der Waals surface area contributed by atoms with E-state index in [1.807, 2.05) is 5.32 Å². The Kier molecular flexibility index (Phi) is 9.34.